The lowest BCUT2D eigenvalue weighted by Gasteiger charge is -2.07. The van der Waals surface area contributed by atoms with Crippen LogP contribution in [0.5, 0.6) is 0 Å². The maximum Gasteiger partial charge on any atom is -0.00489 e. The van der Waals surface area contributed by atoms with Crippen LogP contribution >= 0.6 is 0 Å². The van der Waals surface area contributed by atoms with Gasteiger partial charge in [-0.25, -0.2) is 0 Å². The number of unbranched alkanes of at least 4 members (excludes halogenated alkanes) is 1. The molecule has 0 spiro atoms. The summed E-state index contributed by atoms with van der Waals surface area (Å²) >= 11 is 0. The number of aryl methyl sites for hydroxylation is 2. The van der Waals surface area contributed by atoms with Gasteiger partial charge in [-0.15, -0.1) is 0 Å². The van der Waals surface area contributed by atoms with Gasteiger partial charge in [0.25, 0.3) is 0 Å². The molecule has 1 rings (SSSR count). The lowest BCUT2D eigenvalue weighted by atomic mass is 10.0. The summed E-state index contributed by atoms with van der Waals surface area (Å²) < 4.78 is 0. The molecule has 0 fully saturated rings. The van der Waals surface area contributed by atoms with E-state index in [4.69, 9.17) is 0 Å². The molecule has 0 bridgehead atoms. The zero-order valence-electron chi connectivity index (χ0n) is 10.1. The molecule has 15 heavy (non-hydrogen) atoms. The number of nitrogens with one attached hydrogen (secondary N) is 1. The molecule has 0 aromatic heterocycles. The average molecular weight is 205 g/mol. The van der Waals surface area contributed by atoms with E-state index in [0.29, 0.717) is 0 Å². The first kappa shape index (κ1) is 12.3. The van der Waals surface area contributed by atoms with Crippen molar-refractivity contribution in [2.75, 3.05) is 13.1 Å². The van der Waals surface area contributed by atoms with E-state index < -0.39 is 0 Å². The predicted molar refractivity (Wildman–Crippen MR) is 67.3 cm³/mol. The topological polar surface area (TPSA) is 12.0 Å². The fourth-order valence-corrected chi connectivity index (χ4v) is 1.89. The quantitative estimate of drug-likeness (QED) is 0.674. The number of benzene rings is 1. The van der Waals surface area contributed by atoms with Crippen LogP contribution in [-0.4, -0.2) is 13.1 Å². The van der Waals surface area contributed by atoms with Gasteiger partial charge >= 0.3 is 0 Å². The van der Waals surface area contributed by atoms with Crippen molar-refractivity contribution in [1.29, 1.82) is 0 Å². The summed E-state index contributed by atoms with van der Waals surface area (Å²) in [6.07, 6.45) is 4.97. The minimum absolute atomic E-state index is 1.09. The van der Waals surface area contributed by atoms with Crippen LogP contribution in [0.3, 0.4) is 0 Å². The van der Waals surface area contributed by atoms with Gasteiger partial charge in [0.2, 0.25) is 0 Å². The lowest BCUT2D eigenvalue weighted by molar-refractivity contribution is 0.639. The van der Waals surface area contributed by atoms with E-state index in [9.17, 15) is 0 Å². The number of rotatable bonds is 7. The summed E-state index contributed by atoms with van der Waals surface area (Å²) in [6.45, 7) is 6.64. The fraction of sp³-hybridized carbons (Fsp3) is 0.571. The van der Waals surface area contributed by atoms with E-state index in [0.717, 1.165) is 19.5 Å². The molecule has 0 aliphatic heterocycles. The molecule has 0 aliphatic carbocycles. The van der Waals surface area contributed by atoms with Crippen LogP contribution in [0.2, 0.25) is 0 Å². The molecule has 0 amide bonds. The molecule has 0 aliphatic rings. The molecular weight excluding hydrogens is 182 g/mol. The number of hydrogen-bond acceptors (Lipinski definition) is 1. The molecule has 1 aromatic carbocycles. The monoisotopic (exact) mass is 205 g/mol. The first-order valence-corrected chi connectivity index (χ1v) is 6.16. The fourth-order valence-electron chi connectivity index (χ4n) is 1.89. The minimum Gasteiger partial charge on any atom is -0.317 e. The third-order valence-corrected chi connectivity index (χ3v) is 2.80. The largest absolute Gasteiger partial charge is 0.317 e. The lowest BCUT2D eigenvalue weighted by Crippen LogP contribution is -2.14. The van der Waals surface area contributed by atoms with Crippen molar-refractivity contribution in [2.45, 2.75) is 39.5 Å². The molecule has 1 nitrogen and oxygen atoms in total. The highest BCUT2D eigenvalue weighted by Crippen LogP contribution is 2.12. The van der Waals surface area contributed by atoms with Gasteiger partial charge in [-0.3, -0.25) is 0 Å². The molecule has 0 saturated heterocycles. The zero-order chi connectivity index (χ0) is 10.9. The Balaban J connectivity index is 2.30. The molecule has 84 valence electrons. The molecule has 1 N–H and O–H groups in total. The summed E-state index contributed by atoms with van der Waals surface area (Å²) in [5, 5.41) is 3.36. The maximum absolute atomic E-state index is 3.36. The van der Waals surface area contributed by atoms with Gasteiger partial charge in [0.05, 0.1) is 0 Å². The molecule has 1 heteroatoms. The Hall–Kier alpha value is -0.820. The normalized spacial score (nSPS) is 10.5. The first-order chi connectivity index (χ1) is 7.38. The van der Waals surface area contributed by atoms with Crippen molar-refractivity contribution in [3.8, 4) is 0 Å². The second-order valence-electron chi connectivity index (χ2n) is 3.93. The van der Waals surface area contributed by atoms with Gasteiger partial charge in [-0.1, -0.05) is 38.1 Å². The van der Waals surface area contributed by atoms with Crippen molar-refractivity contribution >= 4 is 0 Å². The van der Waals surface area contributed by atoms with Gasteiger partial charge in [0, 0.05) is 0 Å². The van der Waals surface area contributed by atoms with Crippen molar-refractivity contribution < 1.29 is 0 Å². The Labute approximate surface area is 93.9 Å². The van der Waals surface area contributed by atoms with Gasteiger partial charge in [-0.05, 0) is 49.9 Å². The summed E-state index contributed by atoms with van der Waals surface area (Å²) in [5.41, 5.74) is 3.05. The summed E-state index contributed by atoms with van der Waals surface area (Å²) in [7, 11) is 0. The number of hydrogen-bond donors (Lipinski definition) is 1. The van der Waals surface area contributed by atoms with E-state index in [1.54, 1.807) is 0 Å². The average Bonchev–Trinajstić information content (AvgIpc) is 2.29. The van der Waals surface area contributed by atoms with Gasteiger partial charge in [0.1, 0.15) is 0 Å². The SMILES string of the molecule is CCNCCCCc1ccccc1CC. The van der Waals surface area contributed by atoms with Crippen LogP contribution in [0.1, 0.15) is 37.8 Å². The van der Waals surface area contributed by atoms with Gasteiger partial charge in [0.15, 0.2) is 0 Å². The minimum atomic E-state index is 1.09. The van der Waals surface area contributed by atoms with E-state index in [1.807, 2.05) is 0 Å². The van der Waals surface area contributed by atoms with E-state index >= 15 is 0 Å². The van der Waals surface area contributed by atoms with E-state index in [2.05, 4.69) is 43.4 Å². The first-order valence-electron chi connectivity index (χ1n) is 6.16. The Bertz CT molecular complexity index is 268. The maximum atomic E-state index is 3.36. The standard InChI is InChI=1S/C14H23N/c1-3-13-9-5-6-10-14(13)11-7-8-12-15-4-2/h5-6,9-10,15H,3-4,7-8,11-12H2,1-2H3. The molecule has 1 aromatic rings. The Morgan fingerprint density at radius 1 is 1.00 bits per heavy atom. The van der Waals surface area contributed by atoms with Gasteiger partial charge in [-0.2, -0.15) is 0 Å². The van der Waals surface area contributed by atoms with Crippen LogP contribution in [0.15, 0.2) is 24.3 Å². The third kappa shape index (κ3) is 4.48. The zero-order valence-corrected chi connectivity index (χ0v) is 10.1. The van der Waals surface area contributed by atoms with E-state index in [1.165, 1.54) is 30.4 Å². The predicted octanol–water partition coefficient (Wildman–Crippen LogP) is 3.18. The second-order valence-corrected chi connectivity index (χ2v) is 3.93. The second kappa shape index (κ2) is 7.47. The summed E-state index contributed by atoms with van der Waals surface area (Å²) in [5.74, 6) is 0. The Morgan fingerprint density at radius 3 is 2.40 bits per heavy atom. The Kier molecular flexibility index (Phi) is 6.10. The highest BCUT2D eigenvalue weighted by molar-refractivity contribution is 5.26. The summed E-state index contributed by atoms with van der Waals surface area (Å²) in [6, 6.07) is 8.81. The third-order valence-electron chi connectivity index (χ3n) is 2.80. The Morgan fingerprint density at radius 2 is 1.73 bits per heavy atom. The van der Waals surface area contributed by atoms with Crippen molar-refractivity contribution in [3.05, 3.63) is 35.4 Å². The molecule has 0 heterocycles. The van der Waals surface area contributed by atoms with Crippen LogP contribution in [-0.2, 0) is 12.8 Å². The van der Waals surface area contributed by atoms with Crippen molar-refractivity contribution in [3.63, 3.8) is 0 Å². The van der Waals surface area contributed by atoms with Gasteiger partial charge < -0.3 is 5.32 Å². The molecular formula is C14H23N. The van der Waals surface area contributed by atoms with Crippen molar-refractivity contribution in [2.24, 2.45) is 0 Å². The molecule has 0 atom stereocenters. The van der Waals surface area contributed by atoms with Crippen LogP contribution in [0.4, 0.5) is 0 Å². The van der Waals surface area contributed by atoms with Crippen LogP contribution < -0.4 is 5.32 Å². The van der Waals surface area contributed by atoms with E-state index in [-0.39, 0.29) is 0 Å². The van der Waals surface area contributed by atoms with Crippen molar-refractivity contribution in [1.82, 2.24) is 5.32 Å². The highest BCUT2D eigenvalue weighted by Gasteiger charge is 1.98. The molecule has 0 unspecified atom stereocenters. The van der Waals surface area contributed by atoms with Crippen LogP contribution in [0, 0.1) is 0 Å². The van der Waals surface area contributed by atoms with Crippen LogP contribution in [0.25, 0.3) is 0 Å². The molecule has 0 saturated carbocycles. The summed E-state index contributed by atoms with van der Waals surface area (Å²) in [4.78, 5) is 0. The smallest absolute Gasteiger partial charge is 0.00489 e. The highest BCUT2D eigenvalue weighted by atomic mass is 14.8. The molecule has 0 radical (unpaired) electrons.